The molecular weight excluding hydrogens is 303 g/mol. The zero-order valence-electron chi connectivity index (χ0n) is 12.8. The van der Waals surface area contributed by atoms with Gasteiger partial charge in [0.2, 0.25) is 0 Å². The second-order valence-electron chi connectivity index (χ2n) is 5.86. The Kier molecular flexibility index (Phi) is 4.31. The molecule has 2 aromatic rings. The zero-order valence-corrected chi connectivity index (χ0v) is 12.8. The molecule has 0 amide bonds. The second kappa shape index (κ2) is 6.24. The minimum absolute atomic E-state index is 0.185. The van der Waals surface area contributed by atoms with Gasteiger partial charge in [0.1, 0.15) is 5.75 Å². The van der Waals surface area contributed by atoms with Gasteiger partial charge in [0.05, 0.1) is 0 Å². The van der Waals surface area contributed by atoms with E-state index in [1.165, 1.54) is 23.3 Å². The van der Waals surface area contributed by atoms with Crippen molar-refractivity contribution >= 4 is 0 Å². The van der Waals surface area contributed by atoms with E-state index in [0.29, 0.717) is 12.6 Å². The lowest BCUT2D eigenvalue weighted by atomic mass is 10.1. The molecule has 0 spiro atoms. The smallest absolute Gasteiger partial charge is 0.406 e. The topological polar surface area (TPSA) is 12.5 Å². The average molecular weight is 321 g/mol. The Morgan fingerprint density at radius 2 is 1.78 bits per heavy atom. The van der Waals surface area contributed by atoms with Crippen molar-refractivity contribution in [3.8, 4) is 5.75 Å². The minimum Gasteiger partial charge on any atom is -0.406 e. The molecule has 0 radical (unpaired) electrons. The lowest BCUT2D eigenvalue weighted by molar-refractivity contribution is -0.274. The van der Waals surface area contributed by atoms with Crippen molar-refractivity contribution in [3.05, 3.63) is 65.2 Å². The summed E-state index contributed by atoms with van der Waals surface area (Å²) in [5.41, 5.74) is 3.71. The molecule has 2 nitrogen and oxygen atoms in total. The summed E-state index contributed by atoms with van der Waals surface area (Å²) in [5, 5.41) is 0. The zero-order chi connectivity index (χ0) is 16.4. The van der Waals surface area contributed by atoms with Crippen LogP contribution in [-0.2, 0) is 13.0 Å². The summed E-state index contributed by atoms with van der Waals surface area (Å²) < 4.78 is 40.4. The van der Waals surface area contributed by atoms with Crippen molar-refractivity contribution in [2.24, 2.45) is 0 Å². The van der Waals surface area contributed by atoms with Crippen LogP contribution in [0.15, 0.2) is 48.5 Å². The van der Waals surface area contributed by atoms with E-state index in [1.807, 2.05) is 13.1 Å². The van der Waals surface area contributed by atoms with Crippen molar-refractivity contribution in [1.29, 1.82) is 0 Å². The summed E-state index contributed by atoms with van der Waals surface area (Å²) in [6.07, 6.45) is -2.50. The maximum atomic E-state index is 12.2. The van der Waals surface area contributed by atoms with Crippen molar-refractivity contribution in [2.45, 2.75) is 31.8 Å². The molecule has 0 N–H and O–H groups in total. The van der Waals surface area contributed by atoms with Gasteiger partial charge in [-0.25, -0.2) is 0 Å². The lowest BCUT2D eigenvalue weighted by Gasteiger charge is -2.25. The first-order valence-corrected chi connectivity index (χ1v) is 7.55. The maximum Gasteiger partial charge on any atom is 0.573 e. The number of benzene rings is 2. The van der Waals surface area contributed by atoms with Gasteiger partial charge in [-0.2, -0.15) is 0 Å². The van der Waals surface area contributed by atoms with Crippen LogP contribution in [0.25, 0.3) is 0 Å². The number of rotatable bonds is 4. The predicted octanol–water partition coefficient (Wildman–Crippen LogP) is 4.70. The molecule has 2 aromatic carbocycles. The number of fused-ring (bicyclic) bond motifs is 1. The van der Waals surface area contributed by atoms with Gasteiger partial charge in [-0.1, -0.05) is 36.4 Å². The molecule has 23 heavy (non-hydrogen) atoms. The van der Waals surface area contributed by atoms with E-state index < -0.39 is 6.36 Å². The highest BCUT2D eigenvalue weighted by molar-refractivity contribution is 5.34. The van der Waals surface area contributed by atoms with Crippen LogP contribution in [0, 0.1) is 0 Å². The number of alkyl halides is 3. The molecule has 3 rings (SSSR count). The Bertz CT molecular complexity index is 667. The average Bonchev–Trinajstić information content (AvgIpc) is 2.92. The minimum atomic E-state index is -4.65. The van der Waals surface area contributed by atoms with E-state index in [0.717, 1.165) is 18.4 Å². The summed E-state index contributed by atoms with van der Waals surface area (Å²) in [5.74, 6) is -0.185. The van der Waals surface area contributed by atoms with E-state index in [9.17, 15) is 13.2 Å². The third-order valence-electron chi connectivity index (χ3n) is 4.22. The van der Waals surface area contributed by atoms with Gasteiger partial charge in [-0.15, -0.1) is 13.2 Å². The van der Waals surface area contributed by atoms with Crippen LogP contribution < -0.4 is 4.74 Å². The molecular formula is C18H18F3NO. The molecule has 1 aliphatic carbocycles. The highest BCUT2D eigenvalue weighted by Gasteiger charge is 2.31. The van der Waals surface area contributed by atoms with E-state index in [4.69, 9.17) is 0 Å². The van der Waals surface area contributed by atoms with Crippen LogP contribution in [0.5, 0.6) is 5.75 Å². The fourth-order valence-corrected chi connectivity index (χ4v) is 3.19. The number of halogens is 3. The fourth-order valence-electron chi connectivity index (χ4n) is 3.19. The van der Waals surface area contributed by atoms with Crippen molar-refractivity contribution in [3.63, 3.8) is 0 Å². The van der Waals surface area contributed by atoms with Gasteiger partial charge in [-0.05, 0) is 48.7 Å². The van der Waals surface area contributed by atoms with E-state index in [-0.39, 0.29) is 5.75 Å². The maximum absolute atomic E-state index is 12.2. The molecule has 1 atom stereocenters. The quantitative estimate of drug-likeness (QED) is 0.809. The van der Waals surface area contributed by atoms with Crippen LogP contribution in [0.3, 0.4) is 0 Å². The summed E-state index contributed by atoms with van der Waals surface area (Å²) in [6.45, 7) is 0.686. The molecule has 122 valence electrons. The van der Waals surface area contributed by atoms with E-state index in [1.54, 1.807) is 12.1 Å². The van der Waals surface area contributed by atoms with Crippen molar-refractivity contribution in [2.75, 3.05) is 7.05 Å². The molecule has 0 bridgehead atoms. The first-order valence-electron chi connectivity index (χ1n) is 7.55. The Balaban J connectivity index is 1.66. The SMILES string of the molecule is CN(Cc1ccc(OC(F)(F)F)cc1)C1CCc2ccccc21. The number of hydrogen-bond acceptors (Lipinski definition) is 2. The van der Waals surface area contributed by atoms with Gasteiger partial charge >= 0.3 is 6.36 Å². The molecule has 5 heteroatoms. The Hall–Kier alpha value is -2.01. The van der Waals surface area contributed by atoms with Gasteiger partial charge in [0.15, 0.2) is 0 Å². The number of ether oxygens (including phenoxy) is 1. The molecule has 0 aromatic heterocycles. The first kappa shape index (κ1) is 15.9. The van der Waals surface area contributed by atoms with E-state index in [2.05, 4.69) is 27.8 Å². The molecule has 1 unspecified atom stereocenters. The highest BCUT2D eigenvalue weighted by atomic mass is 19.4. The van der Waals surface area contributed by atoms with Crippen LogP contribution in [-0.4, -0.2) is 18.3 Å². The van der Waals surface area contributed by atoms with E-state index >= 15 is 0 Å². The Labute approximate surface area is 133 Å². The monoisotopic (exact) mass is 321 g/mol. The van der Waals surface area contributed by atoms with Crippen molar-refractivity contribution in [1.82, 2.24) is 4.90 Å². The van der Waals surface area contributed by atoms with Gasteiger partial charge in [0, 0.05) is 12.6 Å². The standard InChI is InChI=1S/C18H18F3NO/c1-22(17-11-8-14-4-2-3-5-16(14)17)12-13-6-9-15(10-7-13)23-18(19,20)21/h2-7,9-10,17H,8,11-12H2,1H3. The van der Waals surface area contributed by atoms with Gasteiger partial charge < -0.3 is 4.74 Å². The summed E-state index contributed by atoms with van der Waals surface area (Å²) in [7, 11) is 2.05. The lowest BCUT2D eigenvalue weighted by Crippen LogP contribution is -2.22. The molecule has 1 aliphatic rings. The summed E-state index contributed by atoms with van der Waals surface area (Å²) in [6, 6.07) is 14.9. The second-order valence-corrected chi connectivity index (χ2v) is 5.86. The third kappa shape index (κ3) is 3.85. The van der Waals surface area contributed by atoms with Crippen LogP contribution in [0.4, 0.5) is 13.2 Å². The predicted molar refractivity (Wildman–Crippen MR) is 82.1 cm³/mol. The van der Waals surface area contributed by atoms with Crippen LogP contribution >= 0.6 is 0 Å². The van der Waals surface area contributed by atoms with Crippen LogP contribution in [0.2, 0.25) is 0 Å². The molecule has 0 heterocycles. The summed E-state index contributed by atoms with van der Waals surface area (Å²) in [4.78, 5) is 2.24. The van der Waals surface area contributed by atoms with Gasteiger partial charge in [-0.3, -0.25) is 4.90 Å². The van der Waals surface area contributed by atoms with Crippen LogP contribution in [0.1, 0.15) is 29.2 Å². The number of nitrogens with zero attached hydrogens (tertiary/aromatic N) is 1. The normalized spacial score (nSPS) is 17.3. The van der Waals surface area contributed by atoms with Crippen molar-refractivity contribution < 1.29 is 17.9 Å². The fraction of sp³-hybridized carbons (Fsp3) is 0.333. The number of hydrogen-bond donors (Lipinski definition) is 0. The third-order valence-corrected chi connectivity index (χ3v) is 4.22. The molecule has 0 fully saturated rings. The summed E-state index contributed by atoms with van der Waals surface area (Å²) >= 11 is 0. The van der Waals surface area contributed by atoms with Gasteiger partial charge in [0.25, 0.3) is 0 Å². The highest BCUT2D eigenvalue weighted by Crippen LogP contribution is 2.35. The number of aryl methyl sites for hydroxylation is 1. The Morgan fingerprint density at radius 3 is 2.48 bits per heavy atom. The first-order chi connectivity index (χ1) is 10.9. The Morgan fingerprint density at radius 1 is 1.09 bits per heavy atom. The molecule has 0 aliphatic heterocycles. The molecule has 0 saturated heterocycles. The largest absolute Gasteiger partial charge is 0.573 e. The molecule has 0 saturated carbocycles.